The van der Waals surface area contributed by atoms with Gasteiger partial charge in [-0.3, -0.25) is 9.59 Å². The van der Waals surface area contributed by atoms with Crippen LogP contribution in [0.25, 0.3) is 0 Å². The molecule has 0 bridgehead atoms. The number of aliphatic hydroxyl groups excluding tert-OH is 1. The van der Waals surface area contributed by atoms with E-state index in [9.17, 15) is 27.9 Å². The fraction of sp³-hybridized carbons (Fsp3) is 0.500. The smallest absolute Gasteiger partial charge is 0.307 e. The minimum atomic E-state index is -1.75. The number of rotatable bonds is 8. The molecule has 1 atom stereocenters. The molecule has 24 heavy (non-hydrogen) atoms. The second-order valence-electron chi connectivity index (χ2n) is 5.02. The van der Waals surface area contributed by atoms with Gasteiger partial charge in [0.15, 0.2) is 17.5 Å². The van der Waals surface area contributed by atoms with E-state index in [0.717, 1.165) is 11.0 Å². The molecule has 0 heterocycles. The molecule has 1 amide bonds. The number of nitrogens with zero attached hydrogens (tertiary/aromatic N) is 1. The molecule has 0 saturated carbocycles. The summed E-state index contributed by atoms with van der Waals surface area (Å²) in [6.45, 7) is 2.92. The summed E-state index contributed by atoms with van der Waals surface area (Å²) in [6.07, 6.45) is 0.164. The zero-order valence-corrected chi connectivity index (χ0v) is 13.5. The molecule has 1 aromatic rings. The first-order chi connectivity index (χ1) is 11.4. The number of ether oxygens (including phenoxy) is 1. The molecular weight excluding hydrogens is 327 g/mol. The molecule has 0 aliphatic carbocycles. The predicted molar refractivity (Wildman–Crippen MR) is 79.8 cm³/mol. The van der Waals surface area contributed by atoms with Gasteiger partial charge in [0.2, 0.25) is 0 Å². The van der Waals surface area contributed by atoms with Crippen LogP contribution in [-0.4, -0.2) is 47.7 Å². The zero-order valence-electron chi connectivity index (χ0n) is 13.5. The number of carbonyl (C=O) groups is 2. The van der Waals surface area contributed by atoms with Crippen LogP contribution in [0.3, 0.4) is 0 Å². The number of amides is 1. The molecule has 0 aliphatic heterocycles. The highest BCUT2D eigenvalue weighted by Gasteiger charge is 2.28. The highest BCUT2D eigenvalue weighted by Crippen LogP contribution is 2.19. The Morgan fingerprint density at radius 1 is 1.21 bits per heavy atom. The highest BCUT2D eigenvalue weighted by atomic mass is 19.2. The first kappa shape index (κ1) is 20.0. The topological polar surface area (TPSA) is 66.8 Å². The fourth-order valence-corrected chi connectivity index (χ4v) is 2.19. The van der Waals surface area contributed by atoms with Crippen molar-refractivity contribution < 1.29 is 32.6 Å². The third kappa shape index (κ3) is 4.70. The SMILES string of the molecule is CCOC(=O)CCN(C(=O)c1ccc(F)c(F)c1F)C(CC)CO. The van der Waals surface area contributed by atoms with Crippen molar-refractivity contribution in [2.75, 3.05) is 19.8 Å². The normalized spacial score (nSPS) is 11.9. The third-order valence-corrected chi connectivity index (χ3v) is 3.51. The Morgan fingerprint density at radius 2 is 1.88 bits per heavy atom. The lowest BCUT2D eigenvalue weighted by Gasteiger charge is -2.30. The van der Waals surface area contributed by atoms with Crippen LogP contribution in [0.15, 0.2) is 12.1 Å². The highest BCUT2D eigenvalue weighted by molar-refractivity contribution is 5.95. The maximum absolute atomic E-state index is 13.8. The van der Waals surface area contributed by atoms with E-state index in [0.29, 0.717) is 12.5 Å². The van der Waals surface area contributed by atoms with Crippen molar-refractivity contribution in [2.45, 2.75) is 32.7 Å². The van der Waals surface area contributed by atoms with Crippen LogP contribution in [0.2, 0.25) is 0 Å². The van der Waals surface area contributed by atoms with Gasteiger partial charge in [0.05, 0.1) is 31.2 Å². The minimum Gasteiger partial charge on any atom is -0.466 e. The number of benzene rings is 1. The van der Waals surface area contributed by atoms with Crippen molar-refractivity contribution in [2.24, 2.45) is 0 Å². The van der Waals surface area contributed by atoms with Crippen molar-refractivity contribution in [3.63, 3.8) is 0 Å². The lowest BCUT2D eigenvalue weighted by atomic mass is 10.1. The molecule has 8 heteroatoms. The Hall–Kier alpha value is -2.09. The van der Waals surface area contributed by atoms with Crippen molar-refractivity contribution in [3.05, 3.63) is 35.1 Å². The van der Waals surface area contributed by atoms with Gasteiger partial charge in [0.25, 0.3) is 5.91 Å². The van der Waals surface area contributed by atoms with Gasteiger partial charge in [-0.05, 0) is 25.5 Å². The van der Waals surface area contributed by atoms with Crippen LogP contribution in [0.1, 0.15) is 37.0 Å². The molecule has 1 aromatic carbocycles. The van der Waals surface area contributed by atoms with E-state index >= 15 is 0 Å². The van der Waals surface area contributed by atoms with Crippen molar-refractivity contribution in [3.8, 4) is 0 Å². The van der Waals surface area contributed by atoms with E-state index in [2.05, 4.69) is 0 Å². The van der Waals surface area contributed by atoms with Crippen LogP contribution in [0.5, 0.6) is 0 Å². The Bertz CT molecular complexity index is 591. The van der Waals surface area contributed by atoms with Gasteiger partial charge in [-0.25, -0.2) is 13.2 Å². The lowest BCUT2D eigenvalue weighted by molar-refractivity contribution is -0.143. The summed E-state index contributed by atoms with van der Waals surface area (Å²) in [5, 5.41) is 9.39. The lowest BCUT2D eigenvalue weighted by Crippen LogP contribution is -2.43. The average Bonchev–Trinajstić information content (AvgIpc) is 2.56. The molecular formula is C16H20F3NO4. The van der Waals surface area contributed by atoms with E-state index < -0.39 is 47.5 Å². The molecule has 0 aliphatic rings. The number of carbonyl (C=O) groups excluding carboxylic acids is 2. The van der Waals surface area contributed by atoms with Crippen LogP contribution in [0.4, 0.5) is 13.2 Å². The van der Waals surface area contributed by atoms with Crippen molar-refractivity contribution >= 4 is 11.9 Å². The molecule has 5 nitrogen and oxygen atoms in total. The summed E-state index contributed by atoms with van der Waals surface area (Å²) < 4.78 is 45.0. The minimum absolute atomic E-state index is 0.144. The predicted octanol–water partition coefficient (Wildman–Crippen LogP) is 2.27. The van der Waals surface area contributed by atoms with Crippen molar-refractivity contribution in [1.29, 1.82) is 0 Å². The van der Waals surface area contributed by atoms with Crippen LogP contribution in [-0.2, 0) is 9.53 Å². The first-order valence-corrected chi connectivity index (χ1v) is 7.58. The van der Waals surface area contributed by atoms with E-state index in [1.807, 2.05) is 0 Å². The summed E-state index contributed by atoms with van der Waals surface area (Å²) in [4.78, 5) is 25.0. The zero-order chi connectivity index (χ0) is 18.3. The molecule has 0 saturated heterocycles. The van der Waals surface area contributed by atoms with E-state index in [1.165, 1.54) is 0 Å². The van der Waals surface area contributed by atoms with Gasteiger partial charge >= 0.3 is 5.97 Å². The number of halogens is 3. The number of hydrogen-bond acceptors (Lipinski definition) is 4. The molecule has 1 unspecified atom stereocenters. The Morgan fingerprint density at radius 3 is 2.42 bits per heavy atom. The van der Waals surface area contributed by atoms with E-state index in [4.69, 9.17) is 4.74 Å². The fourth-order valence-electron chi connectivity index (χ4n) is 2.19. The molecule has 1 rings (SSSR count). The van der Waals surface area contributed by atoms with Crippen LogP contribution in [0, 0.1) is 17.5 Å². The van der Waals surface area contributed by atoms with Gasteiger partial charge < -0.3 is 14.7 Å². The van der Waals surface area contributed by atoms with Gasteiger partial charge in [0.1, 0.15) is 0 Å². The Labute approximate surface area is 138 Å². The van der Waals surface area contributed by atoms with Crippen LogP contribution < -0.4 is 0 Å². The maximum atomic E-state index is 13.8. The van der Waals surface area contributed by atoms with Crippen molar-refractivity contribution in [1.82, 2.24) is 4.90 Å². The molecule has 1 N–H and O–H groups in total. The van der Waals surface area contributed by atoms with Gasteiger partial charge in [-0.1, -0.05) is 6.92 Å². The number of hydrogen-bond donors (Lipinski definition) is 1. The van der Waals surface area contributed by atoms with E-state index in [-0.39, 0.29) is 19.6 Å². The first-order valence-electron chi connectivity index (χ1n) is 7.58. The second-order valence-corrected chi connectivity index (χ2v) is 5.02. The molecule has 0 aromatic heterocycles. The summed E-state index contributed by atoms with van der Waals surface area (Å²) >= 11 is 0. The Kier molecular flexibility index (Phi) is 7.70. The Balaban J connectivity index is 3.07. The molecule has 0 spiro atoms. The third-order valence-electron chi connectivity index (χ3n) is 3.51. The van der Waals surface area contributed by atoms with E-state index in [1.54, 1.807) is 13.8 Å². The monoisotopic (exact) mass is 347 g/mol. The van der Waals surface area contributed by atoms with Crippen LogP contribution >= 0.6 is 0 Å². The van der Waals surface area contributed by atoms with Gasteiger partial charge in [-0.2, -0.15) is 0 Å². The summed E-state index contributed by atoms with van der Waals surface area (Å²) in [5.41, 5.74) is -0.662. The summed E-state index contributed by atoms with van der Waals surface area (Å²) in [6, 6.07) is 0.784. The number of esters is 1. The average molecular weight is 347 g/mol. The summed E-state index contributed by atoms with van der Waals surface area (Å²) in [5.74, 6) is -6.25. The standard InChI is InChI=1S/C16H20F3NO4/c1-3-10(9-21)20(8-7-13(22)24-4-2)16(23)11-5-6-12(17)15(19)14(11)18/h5-6,10,21H,3-4,7-9H2,1-2H3. The molecule has 0 radical (unpaired) electrons. The number of aliphatic hydroxyl groups is 1. The largest absolute Gasteiger partial charge is 0.466 e. The second kappa shape index (κ2) is 9.27. The molecule has 0 fully saturated rings. The van der Waals surface area contributed by atoms with Gasteiger partial charge in [0, 0.05) is 6.54 Å². The molecule has 134 valence electrons. The quantitative estimate of drug-likeness (QED) is 0.579. The maximum Gasteiger partial charge on any atom is 0.307 e. The van der Waals surface area contributed by atoms with Gasteiger partial charge in [-0.15, -0.1) is 0 Å². The summed E-state index contributed by atoms with van der Waals surface area (Å²) in [7, 11) is 0.